The number of nitrogens with zero attached hydrogens (tertiary/aromatic N) is 1. The second-order valence-electron chi connectivity index (χ2n) is 5.82. The third kappa shape index (κ3) is 6.36. The summed E-state index contributed by atoms with van der Waals surface area (Å²) in [6, 6.07) is 12.9. The maximum Gasteiger partial charge on any atom is 0.240 e. The zero-order chi connectivity index (χ0) is 18.9. The third-order valence-electron chi connectivity index (χ3n) is 3.75. The van der Waals surface area contributed by atoms with Crippen molar-refractivity contribution in [1.29, 1.82) is 0 Å². The summed E-state index contributed by atoms with van der Waals surface area (Å²) in [5, 5.41) is 5.54. The number of halogens is 2. The molecule has 138 valence electrons. The van der Waals surface area contributed by atoms with Gasteiger partial charge >= 0.3 is 0 Å². The number of benzene rings is 2. The molecule has 0 aliphatic carbocycles. The Morgan fingerprint density at radius 1 is 1.15 bits per heavy atom. The Balaban J connectivity index is 1.79. The Kier molecular flexibility index (Phi) is 7.95. The Morgan fingerprint density at radius 2 is 1.92 bits per heavy atom. The van der Waals surface area contributed by atoms with E-state index in [4.69, 9.17) is 27.9 Å². The molecule has 0 aromatic heterocycles. The van der Waals surface area contributed by atoms with Gasteiger partial charge in [0.25, 0.3) is 0 Å². The van der Waals surface area contributed by atoms with Crippen molar-refractivity contribution in [3.8, 4) is 5.75 Å². The van der Waals surface area contributed by atoms with E-state index in [9.17, 15) is 4.79 Å². The number of amides is 1. The highest BCUT2D eigenvalue weighted by molar-refractivity contribution is 6.31. The average Bonchev–Trinajstić information content (AvgIpc) is 2.61. The van der Waals surface area contributed by atoms with Crippen LogP contribution in [0, 0.1) is 6.92 Å². The van der Waals surface area contributed by atoms with Gasteiger partial charge in [-0.25, -0.2) is 5.43 Å². The SMILES string of the molecule is CC/C(=N\NC(=O)CCCOc1ccc(Cl)cc1C)c1cccc(Cl)c1. The van der Waals surface area contributed by atoms with Crippen LogP contribution >= 0.6 is 23.2 Å². The lowest BCUT2D eigenvalue weighted by Crippen LogP contribution is -2.20. The smallest absolute Gasteiger partial charge is 0.240 e. The van der Waals surface area contributed by atoms with Gasteiger partial charge in [0, 0.05) is 16.5 Å². The minimum absolute atomic E-state index is 0.144. The number of nitrogens with one attached hydrogen (secondary N) is 1. The molecule has 0 bridgehead atoms. The van der Waals surface area contributed by atoms with Crippen molar-refractivity contribution in [2.75, 3.05) is 6.61 Å². The Morgan fingerprint density at radius 3 is 2.62 bits per heavy atom. The van der Waals surface area contributed by atoms with Gasteiger partial charge in [-0.05, 0) is 61.2 Å². The van der Waals surface area contributed by atoms with Gasteiger partial charge in [0.1, 0.15) is 5.75 Å². The van der Waals surface area contributed by atoms with Crippen molar-refractivity contribution in [2.24, 2.45) is 5.10 Å². The molecule has 0 aliphatic heterocycles. The number of hydrogen-bond donors (Lipinski definition) is 1. The molecule has 1 N–H and O–H groups in total. The second-order valence-corrected chi connectivity index (χ2v) is 6.69. The highest BCUT2D eigenvalue weighted by atomic mass is 35.5. The van der Waals surface area contributed by atoms with Crippen LogP contribution in [-0.4, -0.2) is 18.2 Å². The van der Waals surface area contributed by atoms with Crippen molar-refractivity contribution < 1.29 is 9.53 Å². The highest BCUT2D eigenvalue weighted by Gasteiger charge is 2.05. The summed E-state index contributed by atoms with van der Waals surface area (Å²) < 4.78 is 5.68. The first kappa shape index (κ1) is 20.3. The lowest BCUT2D eigenvalue weighted by Gasteiger charge is -2.09. The van der Waals surface area contributed by atoms with Crippen molar-refractivity contribution in [1.82, 2.24) is 5.43 Å². The molecule has 2 aromatic carbocycles. The fraction of sp³-hybridized carbons (Fsp3) is 0.300. The van der Waals surface area contributed by atoms with Crippen molar-refractivity contribution in [3.63, 3.8) is 0 Å². The van der Waals surface area contributed by atoms with E-state index in [1.165, 1.54) is 0 Å². The summed E-state index contributed by atoms with van der Waals surface area (Å²) in [5.41, 5.74) is 5.27. The van der Waals surface area contributed by atoms with Gasteiger partial charge in [-0.1, -0.05) is 42.3 Å². The topological polar surface area (TPSA) is 50.7 Å². The van der Waals surface area contributed by atoms with Crippen LogP contribution in [0.3, 0.4) is 0 Å². The standard InChI is InChI=1S/C20H22Cl2N2O2/c1-3-18(15-6-4-7-16(21)13-15)23-24-20(25)8-5-11-26-19-10-9-17(22)12-14(19)2/h4,6-7,9-10,12-13H,3,5,8,11H2,1-2H3,(H,24,25)/b23-18+. The van der Waals surface area contributed by atoms with E-state index in [0.29, 0.717) is 35.9 Å². The van der Waals surface area contributed by atoms with Gasteiger partial charge in [0.05, 0.1) is 12.3 Å². The van der Waals surface area contributed by atoms with Crippen LogP contribution in [0.2, 0.25) is 10.0 Å². The highest BCUT2D eigenvalue weighted by Crippen LogP contribution is 2.21. The number of hydrogen-bond acceptors (Lipinski definition) is 3. The van der Waals surface area contributed by atoms with Gasteiger partial charge in [0.2, 0.25) is 5.91 Å². The molecule has 0 saturated heterocycles. The monoisotopic (exact) mass is 392 g/mol. The molecule has 4 nitrogen and oxygen atoms in total. The maximum atomic E-state index is 12.0. The van der Waals surface area contributed by atoms with Crippen molar-refractivity contribution in [3.05, 3.63) is 63.6 Å². The Bertz CT molecular complexity index is 791. The summed E-state index contributed by atoms with van der Waals surface area (Å²) in [5.74, 6) is 0.636. The molecule has 2 aromatic rings. The van der Waals surface area contributed by atoms with E-state index in [0.717, 1.165) is 22.6 Å². The van der Waals surface area contributed by atoms with Gasteiger partial charge in [-0.2, -0.15) is 5.10 Å². The Labute approximate surface area is 164 Å². The number of aryl methyl sites for hydroxylation is 1. The van der Waals surface area contributed by atoms with Crippen LogP contribution in [0.1, 0.15) is 37.3 Å². The zero-order valence-electron chi connectivity index (χ0n) is 14.9. The molecule has 0 spiro atoms. The van der Waals surface area contributed by atoms with Crippen LogP contribution in [-0.2, 0) is 4.79 Å². The fourth-order valence-electron chi connectivity index (χ4n) is 2.39. The molecule has 0 heterocycles. The number of carbonyl (C=O) groups excluding carboxylic acids is 1. The maximum absolute atomic E-state index is 12.0. The molecule has 26 heavy (non-hydrogen) atoms. The predicted octanol–water partition coefficient (Wildman–Crippen LogP) is 5.39. The number of rotatable bonds is 8. The van der Waals surface area contributed by atoms with E-state index in [2.05, 4.69) is 10.5 Å². The first-order valence-corrected chi connectivity index (χ1v) is 9.25. The Hall–Kier alpha value is -2.04. The fourth-order valence-corrected chi connectivity index (χ4v) is 2.81. The van der Waals surface area contributed by atoms with Crippen LogP contribution < -0.4 is 10.2 Å². The molecule has 6 heteroatoms. The average molecular weight is 393 g/mol. The zero-order valence-corrected chi connectivity index (χ0v) is 16.4. The lowest BCUT2D eigenvalue weighted by molar-refractivity contribution is -0.121. The van der Waals surface area contributed by atoms with Crippen molar-refractivity contribution >= 4 is 34.8 Å². The molecule has 0 fully saturated rings. The molecule has 0 atom stereocenters. The normalized spacial score (nSPS) is 11.3. The third-order valence-corrected chi connectivity index (χ3v) is 4.22. The largest absolute Gasteiger partial charge is 0.493 e. The predicted molar refractivity (Wildman–Crippen MR) is 107 cm³/mol. The van der Waals surface area contributed by atoms with Crippen LogP contribution in [0.5, 0.6) is 5.75 Å². The van der Waals surface area contributed by atoms with E-state index in [-0.39, 0.29) is 5.91 Å². The molecule has 0 radical (unpaired) electrons. The molecular formula is C20H22Cl2N2O2. The van der Waals surface area contributed by atoms with Gasteiger partial charge in [-0.15, -0.1) is 0 Å². The molecule has 0 saturated carbocycles. The van der Waals surface area contributed by atoms with Crippen LogP contribution in [0.25, 0.3) is 0 Å². The van der Waals surface area contributed by atoms with Gasteiger partial charge < -0.3 is 4.74 Å². The molecule has 1 amide bonds. The van der Waals surface area contributed by atoms with Gasteiger partial charge in [0.15, 0.2) is 0 Å². The number of carbonyl (C=O) groups is 1. The molecule has 0 aliphatic rings. The summed E-state index contributed by atoms with van der Waals surface area (Å²) in [4.78, 5) is 12.0. The molecule has 0 unspecified atom stereocenters. The van der Waals surface area contributed by atoms with Gasteiger partial charge in [-0.3, -0.25) is 4.79 Å². The molecule has 2 rings (SSSR count). The number of ether oxygens (including phenoxy) is 1. The minimum atomic E-state index is -0.144. The summed E-state index contributed by atoms with van der Waals surface area (Å²) in [6.45, 7) is 4.37. The van der Waals surface area contributed by atoms with E-state index >= 15 is 0 Å². The lowest BCUT2D eigenvalue weighted by atomic mass is 10.1. The first-order chi connectivity index (χ1) is 12.5. The first-order valence-electron chi connectivity index (χ1n) is 8.50. The number of hydrazone groups is 1. The van der Waals surface area contributed by atoms with E-state index in [1.54, 1.807) is 12.1 Å². The van der Waals surface area contributed by atoms with Crippen LogP contribution in [0.4, 0.5) is 0 Å². The summed E-state index contributed by atoms with van der Waals surface area (Å²) in [7, 11) is 0. The van der Waals surface area contributed by atoms with Crippen molar-refractivity contribution in [2.45, 2.75) is 33.1 Å². The minimum Gasteiger partial charge on any atom is -0.493 e. The molecular weight excluding hydrogens is 371 g/mol. The summed E-state index contributed by atoms with van der Waals surface area (Å²) >= 11 is 11.9. The van der Waals surface area contributed by atoms with Crippen LogP contribution in [0.15, 0.2) is 47.6 Å². The summed E-state index contributed by atoms with van der Waals surface area (Å²) in [6.07, 6.45) is 1.63. The second kappa shape index (κ2) is 10.2. The van der Waals surface area contributed by atoms with E-state index < -0.39 is 0 Å². The van der Waals surface area contributed by atoms with E-state index in [1.807, 2.05) is 44.2 Å². The quantitative estimate of drug-likeness (QED) is 0.371.